The maximum Gasteiger partial charge on any atom is 0.128 e. The zero-order valence-electron chi connectivity index (χ0n) is 22.3. The second-order valence-corrected chi connectivity index (χ2v) is 9.96. The van der Waals surface area contributed by atoms with E-state index >= 15 is 0 Å². The first-order valence-corrected chi connectivity index (χ1v) is 13.9. The SMILES string of the molecule is CCCC(CCC)(c1cnc(-c2c(CC)cccc2CC)cc1O[C@@H]1CCOC1)N1CCOCC1. The minimum absolute atomic E-state index is 0.0918. The highest BCUT2D eigenvalue weighted by Crippen LogP contribution is 2.44. The molecule has 0 amide bonds. The molecule has 0 spiro atoms. The molecule has 2 aromatic rings. The summed E-state index contributed by atoms with van der Waals surface area (Å²) < 4.78 is 18.2. The van der Waals surface area contributed by atoms with Crippen LogP contribution in [0.5, 0.6) is 5.75 Å². The number of aryl methyl sites for hydroxylation is 2. The molecule has 192 valence electrons. The normalized spacial score (nSPS) is 19.3. The minimum Gasteiger partial charge on any atom is -0.487 e. The van der Waals surface area contributed by atoms with Gasteiger partial charge in [-0.25, -0.2) is 0 Å². The number of pyridine rings is 1. The van der Waals surface area contributed by atoms with Crippen LogP contribution in [0.3, 0.4) is 0 Å². The van der Waals surface area contributed by atoms with Gasteiger partial charge in [-0.3, -0.25) is 9.88 Å². The Labute approximate surface area is 212 Å². The summed E-state index contributed by atoms with van der Waals surface area (Å²) in [5.41, 5.74) is 6.15. The van der Waals surface area contributed by atoms with Crippen molar-refractivity contribution in [2.24, 2.45) is 0 Å². The highest BCUT2D eigenvalue weighted by atomic mass is 16.5. The molecule has 0 aliphatic carbocycles. The van der Waals surface area contributed by atoms with Gasteiger partial charge in [-0.15, -0.1) is 0 Å². The van der Waals surface area contributed by atoms with Crippen LogP contribution in [0.25, 0.3) is 11.3 Å². The predicted octanol–water partition coefficient (Wildman–Crippen LogP) is 6.17. The lowest BCUT2D eigenvalue weighted by Gasteiger charge is -2.47. The second-order valence-electron chi connectivity index (χ2n) is 9.96. The average molecular weight is 481 g/mol. The van der Waals surface area contributed by atoms with Crippen LogP contribution in [0.2, 0.25) is 0 Å². The second kappa shape index (κ2) is 12.3. The first-order chi connectivity index (χ1) is 17.2. The summed E-state index contributed by atoms with van der Waals surface area (Å²) in [6, 6.07) is 8.89. The third-order valence-corrected chi connectivity index (χ3v) is 7.75. The number of rotatable bonds is 11. The fourth-order valence-corrected chi connectivity index (χ4v) is 6.08. The Morgan fingerprint density at radius 2 is 1.66 bits per heavy atom. The summed E-state index contributed by atoms with van der Waals surface area (Å²) in [5, 5.41) is 0. The maximum absolute atomic E-state index is 6.78. The van der Waals surface area contributed by atoms with Crippen LogP contribution < -0.4 is 4.74 Å². The number of hydrogen-bond acceptors (Lipinski definition) is 5. The van der Waals surface area contributed by atoms with Gasteiger partial charge in [0.1, 0.15) is 11.9 Å². The molecule has 4 rings (SSSR count). The van der Waals surface area contributed by atoms with Gasteiger partial charge >= 0.3 is 0 Å². The quantitative estimate of drug-likeness (QED) is 0.385. The molecule has 0 radical (unpaired) electrons. The standard InChI is InChI=1S/C30H44N2O3/c1-5-13-30(14-6-2,32-15-18-33-19-16-32)26-21-31-27(20-28(26)35-25-12-17-34-22-25)29-23(7-3)10-9-11-24(29)8-4/h9-11,20-21,25H,5-8,12-19,22H2,1-4H3/t25-/m1/s1. The minimum atomic E-state index is -0.0918. The van der Waals surface area contributed by atoms with E-state index in [2.05, 4.69) is 63.1 Å². The summed E-state index contributed by atoms with van der Waals surface area (Å²) in [6.07, 6.45) is 9.57. The van der Waals surface area contributed by atoms with Crippen LogP contribution in [0, 0.1) is 0 Å². The first-order valence-electron chi connectivity index (χ1n) is 13.9. The van der Waals surface area contributed by atoms with E-state index in [4.69, 9.17) is 19.2 Å². The zero-order chi connectivity index (χ0) is 24.7. The number of ether oxygens (including phenoxy) is 3. The molecule has 1 atom stereocenters. The van der Waals surface area contributed by atoms with Gasteiger partial charge in [-0.05, 0) is 36.8 Å². The average Bonchev–Trinajstić information content (AvgIpc) is 3.41. The lowest BCUT2D eigenvalue weighted by Crippen LogP contribution is -2.51. The van der Waals surface area contributed by atoms with Crippen LogP contribution in [-0.4, -0.2) is 55.5 Å². The Kier molecular flexibility index (Phi) is 9.21. The summed E-state index contributed by atoms with van der Waals surface area (Å²) >= 11 is 0. The van der Waals surface area contributed by atoms with E-state index in [0.29, 0.717) is 6.61 Å². The van der Waals surface area contributed by atoms with Crippen LogP contribution in [0.15, 0.2) is 30.5 Å². The number of aromatic nitrogens is 1. The molecule has 0 saturated carbocycles. The lowest BCUT2D eigenvalue weighted by molar-refractivity contribution is -0.0348. The molecule has 0 bridgehead atoms. The lowest BCUT2D eigenvalue weighted by atomic mass is 9.79. The summed E-state index contributed by atoms with van der Waals surface area (Å²) in [6.45, 7) is 14.0. The molecule has 5 nitrogen and oxygen atoms in total. The van der Waals surface area contributed by atoms with Gasteiger partial charge in [0.15, 0.2) is 0 Å². The molecule has 3 heterocycles. The molecule has 2 aliphatic heterocycles. The van der Waals surface area contributed by atoms with Crippen molar-refractivity contribution in [3.63, 3.8) is 0 Å². The van der Waals surface area contributed by atoms with Crippen molar-refractivity contribution in [1.82, 2.24) is 9.88 Å². The van der Waals surface area contributed by atoms with Crippen molar-refractivity contribution in [3.05, 3.63) is 47.2 Å². The molecule has 35 heavy (non-hydrogen) atoms. The molecular weight excluding hydrogens is 436 g/mol. The third-order valence-electron chi connectivity index (χ3n) is 7.75. The van der Waals surface area contributed by atoms with Gasteiger partial charge in [0.25, 0.3) is 0 Å². The van der Waals surface area contributed by atoms with E-state index in [9.17, 15) is 0 Å². The van der Waals surface area contributed by atoms with E-state index < -0.39 is 0 Å². The van der Waals surface area contributed by atoms with Crippen molar-refractivity contribution >= 4 is 0 Å². The topological polar surface area (TPSA) is 43.8 Å². The maximum atomic E-state index is 6.78. The van der Waals surface area contributed by atoms with Gasteiger partial charge in [-0.1, -0.05) is 58.7 Å². The molecule has 2 aliphatic rings. The molecule has 2 saturated heterocycles. The van der Waals surface area contributed by atoms with E-state index in [1.165, 1.54) is 22.3 Å². The molecule has 0 unspecified atom stereocenters. The highest BCUT2D eigenvalue weighted by Gasteiger charge is 2.41. The van der Waals surface area contributed by atoms with Gasteiger partial charge in [-0.2, -0.15) is 0 Å². The van der Waals surface area contributed by atoms with Crippen molar-refractivity contribution in [1.29, 1.82) is 0 Å². The van der Waals surface area contributed by atoms with Gasteiger partial charge < -0.3 is 14.2 Å². The van der Waals surface area contributed by atoms with Crippen LogP contribution >= 0.6 is 0 Å². The Hall–Kier alpha value is -1.95. The van der Waals surface area contributed by atoms with E-state index in [-0.39, 0.29) is 11.6 Å². The fourth-order valence-electron chi connectivity index (χ4n) is 6.08. The smallest absolute Gasteiger partial charge is 0.128 e. The summed E-state index contributed by atoms with van der Waals surface area (Å²) in [7, 11) is 0. The van der Waals surface area contributed by atoms with Gasteiger partial charge in [0, 0.05) is 42.9 Å². The van der Waals surface area contributed by atoms with E-state index in [1.807, 2.05) is 0 Å². The largest absolute Gasteiger partial charge is 0.487 e. The molecular formula is C30H44N2O3. The van der Waals surface area contributed by atoms with Crippen LogP contribution in [0.4, 0.5) is 0 Å². The number of nitrogens with zero attached hydrogens (tertiary/aromatic N) is 2. The van der Waals surface area contributed by atoms with Gasteiger partial charge in [0.2, 0.25) is 0 Å². The van der Waals surface area contributed by atoms with Crippen molar-refractivity contribution in [3.8, 4) is 17.0 Å². The fraction of sp³-hybridized carbons (Fsp3) is 0.633. The van der Waals surface area contributed by atoms with Crippen LogP contribution in [-0.2, 0) is 27.9 Å². The zero-order valence-corrected chi connectivity index (χ0v) is 22.3. The number of hydrogen-bond donors (Lipinski definition) is 0. The third kappa shape index (κ3) is 5.58. The van der Waals surface area contributed by atoms with Crippen LogP contribution in [0.1, 0.15) is 76.5 Å². The monoisotopic (exact) mass is 480 g/mol. The predicted molar refractivity (Wildman–Crippen MR) is 142 cm³/mol. The number of morpholine rings is 1. The molecule has 5 heteroatoms. The molecule has 2 fully saturated rings. The molecule has 1 aromatic carbocycles. The molecule has 1 aromatic heterocycles. The Morgan fingerprint density at radius 1 is 0.971 bits per heavy atom. The number of benzene rings is 1. The van der Waals surface area contributed by atoms with E-state index in [0.717, 1.165) is 89.3 Å². The van der Waals surface area contributed by atoms with Crippen molar-refractivity contribution < 1.29 is 14.2 Å². The Balaban J connectivity index is 1.87. The summed E-state index contributed by atoms with van der Waals surface area (Å²) in [5.74, 6) is 0.992. The first kappa shape index (κ1) is 26.1. The summed E-state index contributed by atoms with van der Waals surface area (Å²) in [4.78, 5) is 7.81. The van der Waals surface area contributed by atoms with E-state index in [1.54, 1.807) is 0 Å². The highest BCUT2D eigenvalue weighted by molar-refractivity contribution is 5.70. The van der Waals surface area contributed by atoms with Crippen molar-refractivity contribution in [2.75, 3.05) is 39.5 Å². The Bertz CT molecular complexity index is 920. The molecule has 0 N–H and O–H groups in total. The van der Waals surface area contributed by atoms with Crippen molar-refractivity contribution in [2.45, 2.75) is 84.3 Å². The van der Waals surface area contributed by atoms with Gasteiger partial charge in [0.05, 0.1) is 37.7 Å². The Morgan fingerprint density at radius 3 is 2.23 bits per heavy atom.